The minimum absolute atomic E-state index is 0. The molecule has 0 radical (unpaired) electrons. The Morgan fingerprint density at radius 2 is 2.13 bits per heavy atom. The molecule has 0 bridgehead atoms. The fourth-order valence-corrected chi connectivity index (χ4v) is 3.35. The van der Waals surface area contributed by atoms with Crippen LogP contribution in [0.15, 0.2) is 17.1 Å². The molecule has 1 aliphatic heterocycles. The molecule has 0 aliphatic carbocycles. The third-order valence-corrected chi connectivity index (χ3v) is 5.09. The number of halogens is 1. The standard InChI is InChI=1S/C16H30N4OS.HI/c1-12(2)9-17-16(18-10-15(21)19(5)6)20-7-8-22-14(11-20)13(3)4;/h13-14H,1,7-11H2,2-6H3,(H,17,18);1H. The zero-order valence-corrected chi connectivity index (χ0v) is 18.1. The molecule has 1 N–H and O–H groups in total. The van der Waals surface area contributed by atoms with Gasteiger partial charge in [-0.3, -0.25) is 4.79 Å². The van der Waals surface area contributed by atoms with Crippen LogP contribution < -0.4 is 5.32 Å². The summed E-state index contributed by atoms with van der Waals surface area (Å²) in [5.74, 6) is 2.57. The van der Waals surface area contributed by atoms with E-state index in [2.05, 4.69) is 35.6 Å². The van der Waals surface area contributed by atoms with Crippen LogP contribution in [-0.4, -0.2) is 72.9 Å². The second-order valence-corrected chi connectivity index (χ2v) is 7.69. The molecule has 1 fully saturated rings. The van der Waals surface area contributed by atoms with Crippen molar-refractivity contribution in [1.29, 1.82) is 0 Å². The Labute approximate surface area is 162 Å². The van der Waals surface area contributed by atoms with E-state index in [0.29, 0.717) is 17.7 Å². The first kappa shape index (κ1) is 22.6. The Bertz CT molecular complexity index is 426. The lowest BCUT2D eigenvalue weighted by Crippen LogP contribution is -2.49. The largest absolute Gasteiger partial charge is 0.353 e. The molecule has 0 spiro atoms. The third-order valence-electron chi connectivity index (χ3n) is 3.55. The van der Waals surface area contributed by atoms with Gasteiger partial charge in [-0.2, -0.15) is 11.8 Å². The number of aliphatic imine (C=N–C) groups is 1. The Morgan fingerprint density at radius 3 is 2.65 bits per heavy atom. The summed E-state index contributed by atoms with van der Waals surface area (Å²) < 4.78 is 0. The molecule has 1 atom stereocenters. The summed E-state index contributed by atoms with van der Waals surface area (Å²) in [5.41, 5.74) is 1.05. The maximum Gasteiger partial charge on any atom is 0.243 e. The molecular weight excluding hydrogens is 423 g/mol. The highest BCUT2D eigenvalue weighted by Crippen LogP contribution is 2.24. The highest BCUT2D eigenvalue weighted by molar-refractivity contribution is 14.0. The summed E-state index contributed by atoms with van der Waals surface area (Å²) in [7, 11) is 3.51. The van der Waals surface area contributed by atoms with Gasteiger partial charge in [0.25, 0.3) is 0 Å². The summed E-state index contributed by atoms with van der Waals surface area (Å²) >= 11 is 2.03. The van der Waals surface area contributed by atoms with Gasteiger partial charge < -0.3 is 15.1 Å². The van der Waals surface area contributed by atoms with E-state index in [0.717, 1.165) is 30.4 Å². The molecule has 0 saturated carbocycles. The predicted octanol–water partition coefficient (Wildman–Crippen LogP) is 2.29. The highest BCUT2D eigenvalue weighted by atomic mass is 127. The van der Waals surface area contributed by atoms with Crippen molar-refractivity contribution in [3.63, 3.8) is 0 Å². The smallest absolute Gasteiger partial charge is 0.243 e. The molecular formula is C16H31IN4OS. The van der Waals surface area contributed by atoms with Gasteiger partial charge in [0, 0.05) is 44.7 Å². The number of nitrogens with one attached hydrogen (secondary N) is 1. The third kappa shape index (κ3) is 8.28. The number of carbonyl (C=O) groups is 1. The average Bonchev–Trinajstić information content (AvgIpc) is 2.46. The number of thioether (sulfide) groups is 1. The number of likely N-dealkylation sites (N-methyl/N-ethyl adjacent to an activating group) is 1. The van der Waals surface area contributed by atoms with E-state index in [1.807, 2.05) is 18.7 Å². The summed E-state index contributed by atoms with van der Waals surface area (Å²) in [6, 6.07) is 0. The van der Waals surface area contributed by atoms with E-state index in [9.17, 15) is 4.79 Å². The first-order valence-corrected chi connectivity index (χ1v) is 8.85. The molecule has 5 nitrogen and oxygen atoms in total. The minimum atomic E-state index is 0. The summed E-state index contributed by atoms with van der Waals surface area (Å²) in [6.45, 7) is 13.2. The zero-order valence-electron chi connectivity index (χ0n) is 15.0. The van der Waals surface area contributed by atoms with Crippen molar-refractivity contribution in [2.75, 3.05) is 46.0 Å². The second kappa shape index (κ2) is 11.2. The summed E-state index contributed by atoms with van der Waals surface area (Å²) in [5, 5.41) is 3.95. The minimum Gasteiger partial charge on any atom is -0.353 e. The molecule has 1 aliphatic rings. The van der Waals surface area contributed by atoms with Gasteiger partial charge in [0.15, 0.2) is 5.96 Å². The van der Waals surface area contributed by atoms with Gasteiger partial charge >= 0.3 is 0 Å². The SMILES string of the molecule is C=C(C)CNC(=NCC(=O)N(C)C)N1CCSC(C(C)C)C1.I. The van der Waals surface area contributed by atoms with Crippen LogP contribution in [0.4, 0.5) is 0 Å². The molecule has 7 heteroatoms. The number of guanidine groups is 1. The lowest BCUT2D eigenvalue weighted by atomic mass is 10.1. The van der Waals surface area contributed by atoms with E-state index >= 15 is 0 Å². The molecule has 1 heterocycles. The van der Waals surface area contributed by atoms with Gasteiger partial charge in [0.05, 0.1) is 0 Å². The monoisotopic (exact) mass is 454 g/mol. The molecule has 0 aromatic rings. The van der Waals surface area contributed by atoms with E-state index in [1.54, 1.807) is 19.0 Å². The Balaban J connectivity index is 0.00000484. The van der Waals surface area contributed by atoms with Gasteiger partial charge in [0.1, 0.15) is 6.54 Å². The predicted molar refractivity (Wildman–Crippen MR) is 112 cm³/mol. The van der Waals surface area contributed by atoms with Crippen molar-refractivity contribution in [2.24, 2.45) is 10.9 Å². The van der Waals surface area contributed by atoms with Crippen LogP contribution in [0.3, 0.4) is 0 Å². The maximum atomic E-state index is 11.8. The molecule has 0 aromatic heterocycles. The number of carbonyl (C=O) groups excluding carboxylic acids is 1. The first-order valence-electron chi connectivity index (χ1n) is 7.80. The van der Waals surface area contributed by atoms with Crippen LogP contribution in [0.2, 0.25) is 0 Å². The number of hydrogen-bond acceptors (Lipinski definition) is 3. The maximum absolute atomic E-state index is 11.8. The number of hydrogen-bond donors (Lipinski definition) is 1. The van der Waals surface area contributed by atoms with Gasteiger partial charge in [0.2, 0.25) is 5.91 Å². The van der Waals surface area contributed by atoms with Gasteiger partial charge in [-0.25, -0.2) is 4.99 Å². The molecule has 1 unspecified atom stereocenters. The van der Waals surface area contributed by atoms with Crippen LogP contribution in [-0.2, 0) is 4.79 Å². The molecule has 23 heavy (non-hydrogen) atoms. The molecule has 0 aromatic carbocycles. The highest BCUT2D eigenvalue weighted by Gasteiger charge is 2.25. The number of nitrogens with zero attached hydrogens (tertiary/aromatic N) is 3. The van der Waals surface area contributed by atoms with E-state index < -0.39 is 0 Å². The van der Waals surface area contributed by atoms with Crippen LogP contribution in [0, 0.1) is 5.92 Å². The van der Waals surface area contributed by atoms with Crippen LogP contribution in [0.1, 0.15) is 20.8 Å². The Hall–Kier alpha value is -0.440. The van der Waals surface area contributed by atoms with Crippen molar-refractivity contribution in [3.8, 4) is 0 Å². The van der Waals surface area contributed by atoms with Crippen molar-refractivity contribution < 1.29 is 4.79 Å². The van der Waals surface area contributed by atoms with Crippen LogP contribution in [0.5, 0.6) is 0 Å². The number of amides is 1. The van der Waals surface area contributed by atoms with Crippen LogP contribution >= 0.6 is 35.7 Å². The second-order valence-electron chi connectivity index (χ2n) is 6.34. The molecule has 1 amide bonds. The lowest BCUT2D eigenvalue weighted by molar-refractivity contribution is -0.127. The Kier molecular flexibility index (Phi) is 11.0. The lowest BCUT2D eigenvalue weighted by Gasteiger charge is -2.36. The van der Waals surface area contributed by atoms with E-state index in [4.69, 9.17) is 0 Å². The fourth-order valence-electron chi connectivity index (χ4n) is 2.05. The van der Waals surface area contributed by atoms with Crippen molar-refractivity contribution >= 4 is 47.6 Å². The fraction of sp³-hybridized carbons (Fsp3) is 0.750. The van der Waals surface area contributed by atoms with Gasteiger partial charge in [-0.1, -0.05) is 26.0 Å². The van der Waals surface area contributed by atoms with Gasteiger partial charge in [-0.15, -0.1) is 24.0 Å². The van der Waals surface area contributed by atoms with E-state index in [-0.39, 0.29) is 36.4 Å². The zero-order chi connectivity index (χ0) is 16.7. The molecule has 134 valence electrons. The molecule has 1 saturated heterocycles. The van der Waals surface area contributed by atoms with Crippen molar-refractivity contribution in [1.82, 2.24) is 15.1 Å². The number of rotatable bonds is 5. The molecule has 1 rings (SSSR count). The average molecular weight is 454 g/mol. The quantitative estimate of drug-likeness (QED) is 0.300. The van der Waals surface area contributed by atoms with Crippen molar-refractivity contribution in [2.45, 2.75) is 26.0 Å². The van der Waals surface area contributed by atoms with Crippen LogP contribution in [0.25, 0.3) is 0 Å². The van der Waals surface area contributed by atoms with E-state index in [1.165, 1.54) is 0 Å². The normalized spacial score (nSPS) is 18.4. The first-order chi connectivity index (χ1) is 10.3. The Morgan fingerprint density at radius 1 is 1.48 bits per heavy atom. The van der Waals surface area contributed by atoms with Gasteiger partial charge in [-0.05, 0) is 12.8 Å². The summed E-state index contributed by atoms with van der Waals surface area (Å²) in [4.78, 5) is 20.2. The topological polar surface area (TPSA) is 47.9 Å². The van der Waals surface area contributed by atoms with Crippen molar-refractivity contribution in [3.05, 3.63) is 12.2 Å². The summed E-state index contributed by atoms with van der Waals surface area (Å²) in [6.07, 6.45) is 0.